The Kier molecular flexibility index (Phi) is 6.68. The first-order valence-corrected chi connectivity index (χ1v) is 11.4. The Labute approximate surface area is 205 Å². The van der Waals surface area contributed by atoms with Gasteiger partial charge in [0.15, 0.2) is 6.61 Å². The number of anilines is 1. The predicted molar refractivity (Wildman–Crippen MR) is 131 cm³/mol. The maximum Gasteiger partial charge on any atom is 0.262 e. The number of benzene rings is 3. The molecular weight excluding hydrogens is 564 g/mol. The van der Waals surface area contributed by atoms with Gasteiger partial charge in [0, 0.05) is 10.2 Å². The van der Waals surface area contributed by atoms with E-state index in [0.29, 0.717) is 38.9 Å². The molecular formula is C22H17Br2ClN4O3. The highest BCUT2D eigenvalue weighted by atomic mass is 79.9. The van der Waals surface area contributed by atoms with Gasteiger partial charge in [0.05, 0.1) is 22.3 Å². The van der Waals surface area contributed by atoms with Crippen LogP contribution < -0.4 is 14.8 Å². The molecule has 0 aliphatic rings. The van der Waals surface area contributed by atoms with Crippen molar-refractivity contribution >= 4 is 66.1 Å². The molecule has 7 nitrogen and oxygen atoms in total. The Hall–Kier alpha value is -2.62. The zero-order valence-corrected chi connectivity index (χ0v) is 21.0. The number of amides is 1. The molecule has 0 fully saturated rings. The summed E-state index contributed by atoms with van der Waals surface area (Å²) in [6.07, 6.45) is 0. The largest absolute Gasteiger partial charge is 0.495 e. The molecule has 164 valence electrons. The van der Waals surface area contributed by atoms with Crippen molar-refractivity contribution in [2.75, 3.05) is 19.0 Å². The molecule has 32 heavy (non-hydrogen) atoms. The van der Waals surface area contributed by atoms with Crippen molar-refractivity contribution in [3.8, 4) is 17.2 Å². The first kappa shape index (κ1) is 22.6. The second kappa shape index (κ2) is 9.48. The summed E-state index contributed by atoms with van der Waals surface area (Å²) in [4.78, 5) is 13.9. The number of aromatic nitrogens is 3. The summed E-state index contributed by atoms with van der Waals surface area (Å²) in [5.74, 6) is 0.914. The minimum absolute atomic E-state index is 0.129. The summed E-state index contributed by atoms with van der Waals surface area (Å²) >= 11 is 13.1. The number of ether oxygens (including phenoxy) is 2. The van der Waals surface area contributed by atoms with E-state index in [1.54, 1.807) is 37.4 Å². The molecule has 0 saturated heterocycles. The summed E-state index contributed by atoms with van der Waals surface area (Å²) in [6.45, 7) is 1.78. The molecule has 0 atom stereocenters. The molecule has 3 aromatic carbocycles. The van der Waals surface area contributed by atoms with Crippen molar-refractivity contribution in [2.45, 2.75) is 6.92 Å². The number of fused-ring (bicyclic) bond motifs is 1. The van der Waals surface area contributed by atoms with Crippen molar-refractivity contribution < 1.29 is 14.3 Å². The summed E-state index contributed by atoms with van der Waals surface area (Å²) in [7, 11) is 1.56. The van der Waals surface area contributed by atoms with Gasteiger partial charge in [-0.25, -0.2) is 0 Å². The van der Waals surface area contributed by atoms with E-state index < -0.39 is 0 Å². The Morgan fingerprint density at radius 2 is 1.88 bits per heavy atom. The zero-order valence-electron chi connectivity index (χ0n) is 17.0. The fraction of sp³-hybridized carbons (Fsp3) is 0.136. The van der Waals surface area contributed by atoms with Gasteiger partial charge < -0.3 is 14.8 Å². The fourth-order valence-corrected chi connectivity index (χ4v) is 4.90. The van der Waals surface area contributed by atoms with E-state index in [4.69, 9.17) is 21.1 Å². The number of aryl methyl sites for hydroxylation is 1. The van der Waals surface area contributed by atoms with E-state index in [1.807, 2.05) is 25.1 Å². The maximum absolute atomic E-state index is 12.4. The van der Waals surface area contributed by atoms with Crippen molar-refractivity contribution in [2.24, 2.45) is 0 Å². The lowest BCUT2D eigenvalue weighted by molar-refractivity contribution is -0.118. The van der Waals surface area contributed by atoms with E-state index >= 15 is 0 Å². The second-order valence-electron chi connectivity index (χ2n) is 6.88. The maximum atomic E-state index is 12.4. The van der Waals surface area contributed by atoms with Crippen LogP contribution in [0.3, 0.4) is 0 Å². The Morgan fingerprint density at radius 3 is 2.59 bits per heavy atom. The van der Waals surface area contributed by atoms with Gasteiger partial charge in [-0.3, -0.25) is 4.79 Å². The minimum Gasteiger partial charge on any atom is -0.495 e. The highest BCUT2D eigenvalue weighted by Gasteiger charge is 2.12. The Bertz CT molecular complexity index is 1300. The number of halogens is 3. The highest BCUT2D eigenvalue weighted by molar-refractivity contribution is 9.11. The first-order valence-electron chi connectivity index (χ1n) is 9.43. The standard InChI is InChI=1S/C22H17Br2ClN4O3/c1-12-7-13(23)8-16(24)22(12)32-11-21(30)26-14-3-5-18-19(9-14)28-29(27-18)15-4-6-20(31-2)17(25)10-15/h3-10H,11H2,1-2H3,(H,26,30). The lowest BCUT2D eigenvalue weighted by Gasteiger charge is -2.12. The van der Waals surface area contributed by atoms with E-state index in [9.17, 15) is 4.79 Å². The van der Waals surface area contributed by atoms with Crippen molar-refractivity contribution in [3.05, 3.63) is 68.1 Å². The zero-order chi connectivity index (χ0) is 22.8. The third-order valence-corrected chi connectivity index (χ3v) is 5.91. The number of hydrogen-bond acceptors (Lipinski definition) is 5. The van der Waals surface area contributed by atoms with Gasteiger partial charge >= 0.3 is 0 Å². The van der Waals surface area contributed by atoms with Crippen molar-refractivity contribution in [1.29, 1.82) is 0 Å². The molecule has 0 saturated carbocycles. The van der Waals surface area contributed by atoms with Gasteiger partial charge in [0.2, 0.25) is 0 Å². The van der Waals surface area contributed by atoms with Crippen LogP contribution in [0.2, 0.25) is 5.02 Å². The van der Waals surface area contributed by atoms with Gasteiger partial charge in [-0.15, -0.1) is 10.2 Å². The third-order valence-electron chi connectivity index (χ3n) is 4.57. The fourth-order valence-electron chi connectivity index (χ4n) is 3.09. The normalized spacial score (nSPS) is 10.9. The van der Waals surface area contributed by atoms with Gasteiger partial charge in [-0.2, -0.15) is 4.80 Å². The highest BCUT2D eigenvalue weighted by Crippen LogP contribution is 2.32. The van der Waals surface area contributed by atoms with E-state index in [2.05, 4.69) is 47.4 Å². The molecule has 1 heterocycles. The molecule has 10 heteroatoms. The molecule has 1 aromatic heterocycles. The van der Waals surface area contributed by atoms with Gasteiger partial charge in [-0.1, -0.05) is 27.5 Å². The lowest BCUT2D eigenvalue weighted by atomic mass is 10.2. The van der Waals surface area contributed by atoms with Crippen LogP contribution in [-0.4, -0.2) is 34.6 Å². The summed E-state index contributed by atoms with van der Waals surface area (Å²) in [5.41, 5.74) is 3.51. The summed E-state index contributed by atoms with van der Waals surface area (Å²) in [6, 6.07) is 14.4. The molecule has 1 amide bonds. The SMILES string of the molecule is COc1ccc(-n2nc3ccc(NC(=O)COc4c(C)cc(Br)cc4Br)cc3n2)cc1Cl. The number of hydrogen-bond donors (Lipinski definition) is 1. The minimum atomic E-state index is -0.284. The molecule has 0 bridgehead atoms. The number of rotatable bonds is 6. The molecule has 0 radical (unpaired) electrons. The van der Waals surface area contributed by atoms with Crippen LogP contribution in [0, 0.1) is 6.92 Å². The van der Waals surface area contributed by atoms with Crippen LogP contribution in [-0.2, 0) is 4.79 Å². The number of methoxy groups -OCH3 is 1. The van der Waals surface area contributed by atoms with E-state index in [1.165, 1.54) is 4.80 Å². The molecule has 4 aromatic rings. The number of nitrogens with one attached hydrogen (secondary N) is 1. The smallest absolute Gasteiger partial charge is 0.262 e. The summed E-state index contributed by atoms with van der Waals surface area (Å²) in [5, 5.41) is 12.2. The number of nitrogens with zero attached hydrogens (tertiary/aromatic N) is 3. The van der Waals surface area contributed by atoms with Crippen LogP contribution >= 0.6 is 43.5 Å². The number of carbonyl (C=O) groups excluding carboxylic acids is 1. The summed E-state index contributed by atoms with van der Waals surface area (Å²) < 4.78 is 12.6. The quantitative estimate of drug-likeness (QED) is 0.306. The molecule has 1 N–H and O–H groups in total. The van der Waals surface area contributed by atoms with Crippen molar-refractivity contribution in [3.63, 3.8) is 0 Å². The van der Waals surface area contributed by atoms with Gasteiger partial charge in [0.25, 0.3) is 5.91 Å². The first-order chi connectivity index (χ1) is 15.3. The third kappa shape index (κ3) is 4.90. The molecule has 0 aliphatic heterocycles. The topological polar surface area (TPSA) is 78.3 Å². The predicted octanol–water partition coefficient (Wildman–Crippen LogP) is 5.93. The Morgan fingerprint density at radius 1 is 1.09 bits per heavy atom. The average molecular weight is 581 g/mol. The lowest BCUT2D eigenvalue weighted by Crippen LogP contribution is -2.20. The van der Waals surface area contributed by atoms with Crippen LogP contribution in [0.1, 0.15) is 5.56 Å². The van der Waals surface area contributed by atoms with Gasteiger partial charge in [-0.05, 0) is 76.9 Å². The monoisotopic (exact) mass is 578 g/mol. The molecule has 0 spiro atoms. The Balaban J connectivity index is 1.47. The van der Waals surface area contributed by atoms with E-state index in [-0.39, 0.29) is 12.5 Å². The van der Waals surface area contributed by atoms with Crippen LogP contribution in [0.4, 0.5) is 5.69 Å². The van der Waals surface area contributed by atoms with Crippen LogP contribution in [0.25, 0.3) is 16.7 Å². The van der Waals surface area contributed by atoms with Crippen LogP contribution in [0.5, 0.6) is 11.5 Å². The second-order valence-corrected chi connectivity index (χ2v) is 9.06. The molecule has 0 aliphatic carbocycles. The van der Waals surface area contributed by atoms with Gasteiger partial charge in [0.1, 0.15) is 22.5 Å². The molecule has 0 unspecified atom stereocenters. The average Bonchev–Trinajstić information content (AvgIpc) is 3.16. The number of carbonyl (C=O) groups is 1. The van der Waals surface area contributed by atoms with Crippen molar-refractivity contribution in [1.82, 2.24) is 15.0 Å². The molecule has 4 rings (SSSR count). The van der Waals surface area contributed by atoms with Crippen LogP contribution in [0.15, 0.2) is 57.5 Å². The van der Waals surface area contributed by atoms with E-state index in [0.717, 1.165) is 14.5 Å².